The van der Waals surface area contributed by atoms with Crippen LogP contribution < -0.4 is 10.2 Å². The second-order valence-electron chi connectivity index (χ2n) is 11.5. The van der Waals surface area contributed by atoms with Gasteiger partial charge in [-0.25, -0.2) is 14.5 Å². The van der Waals surface area contributed by atoms with E-state index in [9.17, 15) is 9.59 Å². The Morgan fingerprint density at radius 2 is 1.71 bits per heavy atom. The first-order valence-electron chi connectivity index (χ1n) is 14.0. The van der Waals surface area contributed by atoms with Crippen molar-refractivity contribution in [2.24, 2.45) is 0 Å². The summed E-state index contributed by atoms with van der Waals surface area (Å²) in [5.74, 6) is 0.387. The number of nitrogens with one attached hydrogen (secondary N) is 1. The van der Waals surface area contributed by atoms with E-state index in [1.807, 2.05) is 56.1 Å². The Labute approximate surface area is 255 Å². The van der Waals surface area contributed by atoms with Gasteiger partial charge in [0.25, 0.3) is 5.91 Å². The summed E-state index contributed by atoms with van der Waals surface area (Å²) in [6, 6.07) is 12.7. The van der Waals surface area contributed by atoms with Crippen molar-refractivity contribution in [1.29, 1.82) is 0 Å². The average molecular weight is 613 g/mol. The van der Waals surface area contributed by atoms with E-state index >= 15 is 0 Å². The van der Waals surface area contributed by atoms with Crippen LogP contribution in [0.25, 0.3) is 17.3 Å². The number of hydrogen-bond donors (Lipinski definition) is 1. The molecule has 2 aromatic carbocycles. The normalized spacial score (nSPS) is 16.7. The zero-order valence-corrected chi connectivity index (χ0v) is 25.8. The number of amides is 2. The zero-order valence-electron chi connectivity index (χ0n) is 24.2. The Bertz CT molecular complexity index is 1500. The maximum Gasteiger partial charge on any atom is 0.410 e. The lowest BCUT2D eigenvalue weighted by Gasteiger charge is -2.32. The van der Waals surface area contributed by atoms with E-state index in [0.29, 0.717) is 27.0 Å². The number of benzene rings is 2. The molecular formula is C31H35Cl2N5O4. The molecule has 42 heavy (non-hydrogen) atoms. The van der Waals surface area contributed by atoms with Crippen LogP contribution in [0.2, 0.25) is 10.0 Å². The molecule has 3 heterocycles. The maximum absolute atomic E-state index is 13.8. The van der Waals surface area contributed by atoms with Gasteiger partial charge in [-0.3, -0.25) is 15.1 Å². The number of ether oxygens (including phenoxy) is 2. The Kier molecular flexibility index (Phi) is 8.82. The number of fused-ring (bicyclic) bond motifs is 1. The number of piperidine rings is 1. The molecule has 2 aliphatic rings. The Hall–Kier alpha value is -3.53. The van der Waals surface area contributed by atoms with Crippen LogP contribution in [0.1, 0.15) is 67.3 Å². The minimum atomic E-state index is -0.688. The summed E-state index contributed by atoms with van der Waals surface area (Å²) in [6.45, 7) is 7.39. The van der Waals surface area contributed by atoms with Crippen LogP contribution in [-0.2, 0) is 11.3 Å². The summed E-state index contributed by atoms with van der Waals surface area (Å²) in [6.07, 6.45) is 4.65. The largest absolute Gasteiger partial charge is 0.497 e. The topological polar surface area (TPSA) is 88.9 Å². The maximum atomic E-state index is 13.8. The molecule has 2 aliphatic heterocycles. The number of hydrazine groups is 1. The molecule has 1 saturated heterocycles. The van der Waals surface area contributed by atoms with E-state index < -0.39 is 11.7 Å². The fourth-order valence-corrected chi connectivity index (χ4v) is 5.63. The van der Waals surface area contributed by atoms with Crippen LogP contribution in [0.15, 0.2) is 42.5 Å². The van der Waals surface area contributed by atoms with E-state index in [1.165, 1.54) is 0 Å². The first-order valence-corrected chi connectivity index (χ1v) is 14.7. The molecule has 2 amide bonds. The monoisotopic (exact) mass is 611 g/mol. The molecule has 1 N–H and O–H groups in total. The lowest BCUT2D eigenvalue weighted by molar-refractivity contribution is 0.0253. The summed E-state index contributed by atoms with van der Waals surface area (Å²) in [7, 11) is 1.62. The fraction of sp³-hybridized carbons (Fsp3) is 0.387. The number of carbonyl (C=O) groups is 2. The van der Waals surface area contributed by atoms with Crippen LogP contribution in [0.5, 0.6) is 5.75 Å². The molecule has 11 heteroatoms. The predicted octanol–water partition coefficient (Wildman–Crippen LogP) is 6.61. The van der Waals surface area contributed by atoms with Crippen molar-refractivity contribution >= 4 is 46.9 Å². The summed E-state index contributed by atoms with van der Waals surface area (Å²) in [5, 5.41) is 7.61. The number of aromatic nitrogens is 2. The summed E-state index contributed by atoms with van der Waals surface area (Å²) >= 11 is 12.9. The number of hydrogen-bond acceptors (Lipinski definition) is 6. The molecule has 1 aromatic heterocycles. The van der Waals surface area contributed by atoms with E-state index in [1.54, 1.807) is 34.9 Å². The van der Waals surface area contributed by atoms with E-state index in [4.69, 9.17) is 37.8 Å². The molecule has 0 saturated carbocycles. The molecule has 3 aromatic rings. The molecule has 9 nitrogen and oxygen atoms in total. The van der Waals surface area contributed by atoms with Crippen LogP contribution in [-0.4, -0.2) is 64.0 Å². The standard InChI is InChI=1S/C31H35Cl2N5O4/c1-31(2,3)42-30(40)36-18-21(16-20-8-11-23(41-4)12-9-20)28-24(19-36)27(29(39)35-37-14-6-5-7-15-37)34-38(28)26-13-10-22(32)17-25(26)33/h8-13,16-17H,5-7,14-15,18-19H2,1-4H3,(H,35,39)/b21-16+. The van der Waals surface area contributed by atoms with Gasteiger partial charge in [0.1, 0.15) is 11.4 Å². The van der Waals surface area contributed by atoms with E-state index in [-0.39, 0.29) is 24.7 Å². The van der Waals surface area contributed by atoms with E-state index in [2.05, 4.69) is 5.43 Å². The van der Waals surface area contributed by atoms with Gasteiger partial charge in [0.2, 0.25) is 0 Å². The van der Waals surface area contributed by atoms with Crippen molar-refractivity contribution in [2.45, 2.75) is 52.2 Å². The Morgan fingerprint density at radius 3 is 2.36 bits per heavy atom. The van der Waals surface area contributed by atoms with Gasteiger partial charge in [0, 0.05) is 23.7 Å². The van der Waals surface area contributed by atoms with Crippen molar-refractivity contribution in [2.75, 3.05) is 26.7 Å². The third-order valence-corrected chi connectivity index (χ3v) is 7.61. The third-order valence-electron chi connectivity index (χ3n) is 7.07. The highest BCUT2D eigenvalue weighted by molar-refractivity contribution is 6.35. The summed E-state index contributed by atoms with van der Waals surface area (Å²) in [5.41, 5.74) is 6.08. The third kappa shape index (κ3) is 6.75. The van der Waals surface area contributed by atoms with Gasteiger partial charge in [0.05, 0.1) is 36.6 Å². The van der Waals surface area contributed by atoms with Gasteiger partial charge in [0.15, 0.2) is 5.69 Å². The van der Waals surface area contributed by atoms with Crippen molar-refractivity contribution in [1.82, 2.24) is 25.1 Å². The highest BCUT2D eigenvalue weighted by atomic mass is 35.5. The van der Waals surface area contributed by atoms with Crippen LogP contribution in [0.3, 0.4) is 0 Å². The molecular weight excluding hydrogens is 577 g/mol. The van der Waals surface area contributed by atoms with Crippen LogP contribution >= 0.6 is 23.2 Å². The van der Waals surface area contributed by atoms with Gasteiger partial charge in [-0.05, 0) is 81.2 Å². The minimum absolute atomic E-state index is 0.137. The van der Waals surface area contributed by atoms with Gasteiger partial charge >= 0.3 is 6.09 Å². The van der Waals surface area contributed by atoms with Crippen molar-refractivity contribution in [3.05, 3.63) is 75.0 Å². The average Bonchev–Trinajstić information content (AvgIpc) is 3.33. The number of halogens is 2. The number of methoxy groups -OCH3 is 1. The molecule has 5 rings (SSSR count). The highest BCUT2D eigenvalue weighted by Crippen LogP contribution is 2.36. The quantitative estimate of drug-likeness (QED) is 0.349. The highest BCUT2D eigenvalue weighted by Gasteiger charge is 2.36. The van der Waals surface area contributed by atoms with Gasteiger partial charge in [-0.1, -0.05) is 41.8 Å². The molecule has 0 unspecified atom stereocenters. The van der Waals surface area contributed by atoms with Crippen molar-refractivity contribution in [3.63, 3.8) is 0 Å². The zero-order chi connectivity index (χ0) is 30.0. The van der Waals surface area contributed by atoms with Gasteiger partial charge < -0.3 is 9.47 Å². The number of carbonyl (C=O) groups excluding carboxylic acids is 2. The van der Waals surface area contributed by atoms with Crippen LogP contribution in [0, 0.1) is 0 Å². The molecule has 0 atom stereocenters. The van der Waals surface area contributed by atoms with Crippen molar-refractivity contribution < 1.29 is 19.1 Å². The smallest absolute Gasteiger partial charge is 0.410 e. The molecule has 0 spiro atoms. The SMILES string of the molecule is COc1ccc(/C=C2\CN(C(=O)OC(C)(C)C)Cc3c(C(=O)NN4CCCCC4)nn(-c4ccc(Cl)cc4Cl)c32)cc1. The second-order valence-corrected chi connectivity index (χ2v) is 12.3. The molecule has 0 radical (unpaired) electrons. The first-order chi connectivity index (χ1) is 20.0. The second kappa shape index (κ2) is 12.4. The molecule has 0 bridgehead atoms. The number of nitrogens with zero attached hydrogens (tertiary/aromatic N) is 4. The molecule has 0 aliphatic carbocycles. The fourth-order valence-electron chi connectivity index (χ4n) is 5.14. The number of rotatable bonds is 5. The Morgan fingerprint density at radius 1 is 1.00 bits per heavy atom. The van der Waals surface area contributed by atoms with E-state index in [0.717, 1.165) is 49.2 Å². The lowest BCUT2D eigenvalue weighted by atomic mass is 9.97. The van der Waals surface area contributed by atoms with Gasteiger partial charge in [-0.15, -0.1) is 0 Å². The summed E-state index contributed by atoms with van der Waals surface area (Å²) < 4.78 is 12.7. The van der Waals surface area contributed by atoms with Crippen molar-refractivity contribution in [3.8, 4) is 11.4 Å². The van der Waals surface area contributed by atoms with Gasteiger partial charge in [-0.2, -0.15) is 5.10 Å². The summed E-state index contributed by atoms with van der Waals surface area (Å²) in [4.78, 5) is 28.7. The Balaban J connectivity index is 1.66. The lowest BCUT2D eigenvalue weighted by Crippen LogP contribution is -2.45. The minimum Gasteiger partial charge on any atom is -0.497 e. The molecule has 222 valence electrons. The molecule has 1 fully saturated rings. The first kappa shape index (κ1) is 29.9. The van der Waals surface area contributed by atoms with Crippen LogP contribution in [0.4, 0.5) is 4.79 Å². The predicted molar refractivity (Wildman–Crippen MR) is 164 cm³/mol.